The highest BCUT2D eigenvalue weighted by Gasteiger charge is 2.63. The average molecular weight is 435 g/mol. The summed E-state index contributed by atoms with van der Waals surface area (Å²) in [5, 5.41) is 0. The third-order valence-corrected chi connectivity index (χ3v) is 5.44. The number of rotatable bonds is 8. The van der Waals surface area contributed by atoms with E-state index in [1.165, 1.54) is 4.90 Å². The van der Waals surface area contributed by atoms with Gasteiger partial charge in [-0.3, -0.25) is 24.1 Å². The van der Waals surface area contributed by atoms with Crippen molar-refractivity contribution < 1.29 is 38.1 Å². The summed E-state index contributed by atoms with van der Waals surface area (Å²) in [5.74, 6) is -5.71. The molecular weight excluding hydrogens is 406 g/mol. The first-order chi connectivity index (χ1) is 14.8. The third kappa shape index (κ3) is 4.87. The van der Waals surface area contributed by atoms with Crippen molar-refractivity contribution >= 4 is 23.9 Å². The van der Waals surface area contributed by atoms with Gasteiger partial charge in [-0.15, -0.1) is 0 Å². The molecule has 9 nitrogen and oxygen atoms in total. The number of hydrogen-bond donors (Lipinski definition) is 0. The van der Waals surface area contributed by atoms with Crippen LogP contribution in [-0.4, -0.2) is 68.3 Å². The van der Waals surface area contributed by atoms with Gasteiger partial charge in [-0.25, -0.2) is 0 Å². The van der Waals surface area contributed by atoms with Crippen LogP contribution in [0.1, 0.15) is 32.4 Å². The van der Waals surface area contributed by atoms with Crippen molar-refractivity contribution in [1.82, 2.24) is 4.90 Å². The standard InChI is InChI=1S/C22H29NO8/c1-6-30-21(26)17-15(19(24)28-4)16(20(25)29-5)18(22(27)31-7-2)23(17)13(3)14-11-9-8-10-12-14/h8-13,15-18H,6-7H2,1-5H3/t13-,15+,16+,17+,18+/m1/s1. The Morgan fingerprint density at radius 2 is 1.23 bits per heavy atom. The fourth-order valence-electron chi connectivity index (χ4n) is 4.14. The normalized spacial score (nSPS) is 24.2. The minimum atomic E-state index is -1.31. The average Bonchev–Trinajstić information content (AvgIpc) is 3.14. The van der Waals surface area contributed by atoms with Crippen molar-refractivity contribution in [2.45, 2.75) is 38.9 Å². The molecule has 1 aromatic rings. The van der Waals surface area contributed by atoms with Crippen LogP contribution in [0.4, 0.5) is 0 Å². The third-order valence-electron chi connectivity index (χ3n) is 5.44. The van der Waals surface area contributed by atoms with E-state index in [2.05, 4.69) is 0 Å². The molecule has 0 spiro atoms. The Morgan fingerprint density at radius 1 is 0.806 bits per heavy atom. The van der Waals surface area contributed by atoms with E-state index in [9.17, 15) is 19.2 Å². The topological polar surface area (TPSA) is 108 Å². The molecule has 9 heteroatoms. The maximum Gasteiger partial charge on any atom is 0.324 e. The second-order valence-electron chi connectivity index (χ2n) is 7.03. The number of benzene rings is 1. The maximum absolute atomic E-state index is 13.0. The molecule has 0 unspecified atom stereocenters. The van der Waals surface area contributed by atoms with E-state index in [1.807, 2.05) is 30.3 Å². The lowest BCUT2D eigenvalue weighted by Gasteiger charge is -2.34. The molecule has 1 saturated heterocycles. The van der Waals surface area contributed by atoms with Crippen molar-refractivity contribution in [3.05, 3.63) is 35.9 Å². The van der Waals surface area contributed by atoms with Crippen LogP contribution in [0.3, 0.4) is 0 Å². The lowest BCUT2D eigenvalue weighted by molar-refractivity contribution is -0.162. The van der Waals surface area contributed by atoms with E-state index in [1.54, 1.807) is 20.8 Å². The van der Waals surface area contributed by atoms with Gasteiger partial charge in [0.1, 0.15) is 12.1 Å². The zero-order valence-corrected chi connectivity index (χ0v) is 18.4. The largest absolute Gasteiger partial charge is 0.469 e. The Hall–Kier alpha value is -2.94. The first kappa shape index (κ1) is 24.3. The van der Waals surface area contributed by atoms with Gasteiger partial charge < -0.3 is 18.9 Å². The van der Waals surface area contributed by atoms with Gasteiger partial charge in [-0.2, -0.15) is 0 Å². The SMILES string of the molecule is CCOC(=O)[C@@H]1[C@@H](C(=O)OC)[C@H](C(=O)OC)[C@@H](C(=O)OCC)N1[C@H](C)c1ccccc1. The number of nitrogens with zero attached hydrogens (tertiary/aromatic N) is 1. The van der Waals surface area contributed by atoms with Crippen molar-refractivity contribution in [2.24, 2.45) is 11.8 Å². The number of methoxy groups -OCH3 is 2. The van der Waals surface area contributed by atoms with Crippen molar-refractivity contribution in [2.75, 3.05) is 27.4 Å². The molecule has 0 aromatic heterocycles. The van der Waals surface area contributed by atoms with Crippen LogP contribution in [0.25, 0.3) is 0 Å². The van der Waals surface area contributed by atoms with Crippen LogP contribution in [0, 0.1) is 11.8 Å². The van der Waals surface area contributed by atoms with Gasteiger partial charge in [0.25, 0.3) is 0 Å². The molecule has 1 aliphatic heterocycles. The second-order valence-corrected chi connectivity index (χ2v) is 7.03. The van der Waals surface area contributed by atoms with E-state index in [0.29, 0.717) is 0 Å². The predicted octanol–water partition coefficient (Wildman–Crippen LogP) is 1.51. The molecule has 1 aliphatic rings. The molecule has 1 fully saturated rings. The summed E-state index contributed by atoms with van der Waals surface area (Å²) in [6.45, 7) is 5.16. The fourth-order valence-corrected chi connectivity index (χ4v) is 4.14. The van der Waals surface area contributed by atoms with E-state index in [0.717, 1.165) is 19.8 Å². The van der Waals surface area contributed by atoms with Gasteiger partial charge in [0, 0.05) is 6.04 Å². The van der Waals surface area contributed by atoms with Crippen LogP contribution in [0.2, 0.25) is 0 Å². The van der Waals surface area contributed by atoms with Crippen molar-refractivity contribution in [3.8, 4) is 0 Å². The Bertz CT molecular complexity index is 752. The van der Waals surface area contributed by atoms with Crippen LogP contribution in [-0.2, 0) is 38.1 Å². The first-order valence-electron chi connectivity index (χ1n) is 10.1. The number of carbonyl (C=O) groups is 4. The molecule has 2 rings (SSSR count). The van der Waals surface area contributed by atoms with Gasteiger partial charge in [-0.1, -0.05) is 30.3 Å². The number of hydrogen-bond acceptors (Lipinski definition) is 9. The second kappa shape index (κ2) is 10.9. The van der Waals surface area contributed by atoms with Crippen LogP contribution >= 0.6 is 0 Å². The number of likely N-dealkylation sites (tertiary alicyclic amines) is 1. The predicted molar refractivity (Wildman–Crippen MR) is 109 cm³/mol. The summed E-state index contributed by atoms with van der Waals surface area (Å²) >= 11 is 0. The molecule has 1 heterocycles. The molecule has 5 atom stereocenters. The van der Waals surface area contributed by atoms with Crippen LogP contribution in [0.5, 0.6) is 0 Å². The Labute approximate surface area is 181 Å². The Balaban J connectivity index is 2.72. The molecule has 170 valence electrons. The Kier molecular flexibility index (Phi) is 8.56. The van der Waals surface area contributed by atoms with Gasteiger partial charge >= 0.3 is 23.9 Å². The maximum atomic E-state index is 13.0. The number of ether oxygens (including phenoxy) is 4. The van der Waals surface area contributed by atoms with E-state index < -0.39 is 53.8 Å². The van der Waals surface area contributed by atoms with E-state index in [4.69, 9.17) is 18.9 Å². The fraction of sp³-hybridized carbons (Fsp3) is 0.545. The summed E-state index contributed by atoms with van der Waals surface area (Å²) in [6.07, 6.45) is 0. The van der Waals surface area contributed by atoms with Gasteiger partial charge in [0.2, 0.25) is 0 Å². The zero-order valence-electron chi connectivity index (χ0n) is 18.4. The zero-order chi connectivity index (χ0) is 23.1. The van der Waals surface area contributed by atoms with E-state index in [-0.39, 0.29) is 13.2 Å². The molecule has 0 N–H and O–H groups in total. The summed E-state index contributed by atoms with van der Waals surface area (Å²) < 4.78 is 20.3. The lowest BCUT2D eigenvalue weighted by atomic mass is 9.86. The monoisotopic (exact) mass is 435 g/mol. The Morgan fingerprint density at radius 3 is 1.58 bits per heavy atom. The van der Waals surface area contributed by atoms with Crippen molar-refractivity contribution in [3.63, 3.8) is 0 Å². The van der Waals surface area contributed by atoms with Crippen molar-refractivity contribution in [1.29, 1.82) is 0 Å². The lowest BCUT2D eigenvalue weighted by Crippen LogP contribution is -2.49. The molecular formula is C22H29NO8. The molecule has 0 radical (unpaired) electrons. The summed E-state index contributed by atoms with van der Waals surface area (Å²) in [4.78, 5) is 53.1. The molecule has 0 aliphatic carbocycles. The van der Waals surface area contributed by atoms with Gasteiger partial charge in [-0.05, 0) is 26.3 Å². The first-order valence-corrected chi connectivity index (χ1v) is 10.1. The number of carbonyl (C=O) groups excluding carboxylic acids is 4. The smallest absolute Gasteiger partial charge is 0.324 e. The summed E-state index contributed by atoms with van der Waals surface area (Å²) in [6, 6.07) is 6.09. The minimum Gasteiger partial charge on any atom is -0.469 e. The molecule has 0 amide bonds. The highest BCUT2D eigenvalue weighted by molar-refractivity contribution is 5.95. The summed E-state index contributed by atoms with van der Waals surface area (Å²) in [5.41, 5.74) is 0.778. The molecule has 1 aromatic carbocycles. The highest BCUT2D eigenvalue weighted by Crippen LogP contribution is 2.43. The number of esters is 4. The quantitative estimate of drug-likeness (QED) is 0.443. The van der Waals surface area contributed by atoms with Crippen LogP contribution < -0.4 is 0 Å². The molecule has 0 bridgehead atoms. The molecule has 0 saturated carbocycles. The van der Waals surface area contributed by atoms with E-state index >= 15 is 0 Å². The summed E-state index contributed by atoms with van der Waals surface area (Å²) in [7, 11) is 2.31. The highest BCUT2D eigenvalue weighted by atomic mass is 16.5. The molecule has 31 heavy (non-hydrogen) atoms. The minimum absolute atomic E-state index is 0.0593. The van der Waals surface area contributed by atoms with Gasteiger partial charge in [0.05, 0.1) is 39.3 Å². The van der Waals surface area contributed by atoms with Crippen LogP contribution in [0.15, 0.2) is 30.3 Å². The van der Waals surface area contributed by atoms with Gasteiger partial charge in [0.15, 0.2) is 0 Å².